The maximum atomic E-state index is 13.1. The topological polar surface area (TPSA) is 97.1 Å². The Labute approximate surface area is 162 Å². The molecule has 1 N–H and O–H groups in total. The Kier molecular flexibility index (Phi) is 4.26. The van der Waals surface area contributed by atoms with E-state index in [2.05, 4.69) is 15.4 Å². The molecule has 150 valence electrons. The average molecular weight is 388 g/mol. The quantitative estimate of drug-likeness (QED) is 0.693. The van der Waals surface area contributed by atoms with Gasteiger partial charge in [-0.25, -0.2) is 0 Å². The van der Waals surface area contributed by atoms with Gasteiger partial charge >= 0.3 is 0 Å². The maximum absolute atomic E-state index is 13.1. The minimum Gasteiger partial charge on any atom is -0.379 e. The van der Waals surface area contributed by atoms with Crippen LogP contribution in [0.4, 0.5) is 5.82 Å². The summed E-state index contributed by atoms with van der Waals surface area (Å²) in [4.78, 5) is 29.9. The van der Waals surface area contributed by atoms with Gasteiger partial charge in [0.15, 0.2) is 5.82 Å². The van der Waals surface area contributed by atoms with Crippen molar-refractivity contribution in [2.24, 2.45) is 11.8 Å². The van der Waals surface area contributed by atoms with Gasteiger partial charge in [-0.2, -0.15) is 0 Å². The summed E-state index contributed by atoms with van der Waals surface area (Å²) >= 11 is 0. The van der Waals surface area contributed by atoms with Crippen molar-refractivity contribution >= 4 is 17.6 Å². The van der Waals surface area contributed by atoms with Crippen molar-refractivity contribution in [2.75, 3.05) is 50.8 Å². The van der Waals surface area contributed by atoms with Crippen LogP contribution >= 0.6 is 0 Å². The molecule has 4 aliphatic heterocycles. The second kappa shape index (κ2) is 6.68. The molecule has 0 aliphatic carbocycles. The first-order valence-corrected chi connectivity index (χ1v) is 9.77. The molecule has 1 aromatic rings. The number of hydrogen-bond acceptors (Lipinski definition) is 7. The van der Waals surface area contributed by atoms with Crippen molar-refractivity contribution < 1.29 is 23.6 Å². The van der Waals surface area contributed by atoms with Gasteiger partial charge in [-0.3, -0.25) is 19.4 Å². The van der Waals surface area contributed by atoms with E-state index in [1.54, 1.807) is 17.9 Å². The molecule has 4 atom stereocenters. The number of hydrogen-bond donors (Lipinski definition) is 1. The fraction of sp³-hybridized carbons (Fsp3) is 0.632. The number of morpholine rings is 1. The zero-order valence-corrected chi connectivity index (χ0v) is 15.8. The number of carbonyl (C=O) groups is 2. The first kappa shape index (κ1) is 17.8. The minimum atomic E-state index is -0.749. The Morgan fingerprint density at radius 3 is 2.96 bits per heavy atom. The number of aromatic nitrogens is 1. The number of ether oxygens (including phenoxy) is 2. The van der Waals surface area contributed by atoms with E-state index in [-0.39, 0.29) is 17.9 Å². The van der Waals surface area contributed by atoms with Crippen molar-refractivity contribution in [3.8, 4) is 0 Å². The number of fused-ring (bicyclic) bond motifs is 1. The van der Waals surface area contributed by atoms with Crippen LogP contribution in [0.2, 0.25) is 0 Å². The fourth-order valence-electron chi connectivity index (χ4n) is 4.75. The average Bonchev–Trinajstić information content (AvgIpc) is 3.44. The Hall–Kier alpha value is -2.23. The molecule has 9 heteroatoms. The lowest BCUT2D eigenvalue weighted by Crippen LogP contribution is -2.46. The van der Waals surface area contributed by atoms with E-state index < -0.39 is 17.4 Å². The van der Waals surface area contributed by atoms with Crippen LogP contribution in [0.3, 0.4) is 0 Å². The van der Waals surface area contributed by atoms with Crippen molar-refractivity contribution in [3.63, 3.8) is 0 Å². The minimum absolute atomic E-state index is 0.124. The van der Waals surface area contributed by atoms with Gasteiger partial charge in [-0.1, -0.05) is 17.3 Å². The molecule has 1 spiro atoms. The second-order valence-electron chi connectivity index (χ2n) is 7.87. The summed E-state index contributed by atoms with van der Waals surface area (Å²) in [5.74, 6) is -0.189. The summed E-state index contributed by atoms with van der Waals surface area (Å²) < 4.78 is 16.6. The maximum Gasteiger partial charge on any atom is 0.235 e. The number of aryl methyl sites for hydroxylation is 1. The molecule has 0 aromatic carbocycles. The summed E-state index contributed by atoms with van der Waals surface area (Å²) in [6.45, 7) is 6.68. The molecule has 0 saturated carbocycles. The lowest BCUT2D eigenvalue weighted by Gasteiger charge is -2.27. The first-order valence-electron chi connectivity index (χ1n) is 9.77. The van der Waals surface area contributed by atoms with Crippen LogP contribution in [0.15, 0.2) is 22.7 Å². The van der Waals surface area contributed by atoms with Crippen LogP contribution in [0.5, 0.6) is 0 Å². The molecule has 2 amide bonds. The van der Waals surface area contributed by atoms with Gasteiger partial charge in [0.1, 0.15) is 11.4 Å². The van der Waals surface area contributed by atoms with Gasteiger partial charge in [0.25, 0.3) is 0 Å². The first-order chi connectivity index (χ1) is 13.6. The van der Waals surface area contributed by atoms with Gasteiger partial charge in [-0.05, 0) is 6.92 Å². The van der Waals surface area contributed by atoms with Crippen molar-refractivity contribution in [3.05, 3.63) is 24.0 Å². The van der Waals surface area contributed by atoms with Gasteiger partial charge in [0, 0.05) is 32.2 Å². The molecule has 4 aliphatic rings. The van der Waals surface area contributed by atoms with Gasteiger partial charge in [0.2, 0.25) is 11.8 Å². The molecule has 28 heavy (non-hydrogen) atoms. The van der Waals surface area contributed by atoms with Crippen molar-refractivity contribution in [1.29, 1.82) is 0 Å². The van der Waals surface area contributed by atoms with E-state index in [0.29, 0.717) is 24.7 Å². The second-order valence-corrected chi connectivity index (χ2v) is 7.87. The highest BCUT2D eigenvalue weighted by atomic mass is 16.5. The highest BCUT2D eigenvalue weighted by Gasteiger charge is 2.67. The molecule has 2 unspecified atom stereocenters. The van der Waals surface area contributed by atoms with Crippen LogP contribution in [0.25, 0.3) is 0 Å². The number of carbonyl (C=O) groups excluding carboxylic acids is 2. The van der Waals surface area contributed by atoms with E-state index in [4.69, 9.17) is 14.0 Å². The lowest BCUT2D eigenvalue weighted by molar-refractivity contribution is -0.132. The van der Waals surface area contributed by atoms with Crippen LogP contribution in [0.1, 0.15) is 5.76 Å². The molecule has 1 aromatic heterocycles. The molecule has 3 saturated heterocycles. The summed E-state index contributed by atoms with van der Waals surface area (Å²) in [7, 11) is 0. The summed E-state index contributed by atoms with van der Waals surface area (Å²) in [6, 6.07) is 1.73. The van der Waals surface area contributed by atoms with Crippen LogP contribution in [-0.2, 0) is 19.1 Å². The molecule has 5 heterocycles. The monoisotopic (exact) mass is 388 g/mol. The Morgan fingerprint density at radius 1 is 1.39 bits per heavy atom. The van der Waals surface area contributed by atoms with E-state index >= 15 is 0 Å². The van der Waals surface area contributed by atoms with Crippen molar-refractivity contribution in [1.82, 2.24) is 15.4 Å². The van der Waals surface area contributed by atoms with Gasteiger partial charge in [0.05, 0.1) is 37.7 Å². The highest BCUT2D eigenvalue weighted by Crippen LogP contribution is 2.52. The number of amides is 2. The Morgan fingerprint density at radius 2 is 2.21 bits per heavy atom. The normalized spacial score (nSPS) is 34.2. The molecule has 0 radical (unpaired) electrons. The predicted octanol–water partition coefficient (Wildman–Crippen LogP) is -0.282. The Balaban J connectivity index is 1.27. The number of anilines is 1. The summed E-state index contributed by atoms with van der Waals surface area (Å²) in [6.07, 6.45) is 3.50. The zero-order chi connectivity index (χ0) is 19.3. The number of nitrogens with one attached hydrogen (secondary N) is 1. The van der Waals surface area contributed by atoms with Crippen LogP contribution in [-0.4, -0.2) is 79.5 Å². The molecule has 5 rings (SSSR count). The van der Waals surface area contributed by atoms with Crippen molar-refractivity contribution in [2.45, 2.75) is 18.6 Å². The fourth-order valence-corrected chi connectivity index (χ4v) is 4.75. The summed E-state index contributed by atoms with van der Waals surface area (Å²) in [5.41, 5.74) is -0.749. The van der Waals surface area contributed by atoms with Crippen LogP contribution in [0, 0.1) is 18.8 Å². The lowest BCUT2D eigenvalue weighted by atomic mass is 9.77. The van der Waals surface area contributed by atoms with Gasteiger partial charge < -0.3 is 19.3 Å². The summed E-state index contributed by atoms with van der Waals surface area (Å²) in [5, 5.41) is 6.97. The smallest absolute Gasteiger partial charge is 0.235 e. The zero-order valence-electron chi connectivity index (χ0n) is 15.8. The van der Waals surface area contributed by atoms with Gasteiger partial charge in [-0.15, -0.1) is 0 Å². The predicted molar refractivity (Wildman–Crippen MR) is 97.6 cm³/mol. The van der Waals surface area contributed by atoms with E-state index in [1.165, 1.54) is 0 Å². The largest absolute Gasteiger partial charge is 0.379 e. The molecular weight excluding hydrogens is 364 g/mol. The third kappa shape index (κ3) is 2.76. The molecule has 3 fully saturated rings. The number of rotatable bonds is 5. The number of nitrogens with zero attached hydrogens (tertiary/aromatic N) is 3. The van der Waals surface area contributed by atoms with E-state index in [1.807, 2.05) is 12.2 Å². The molecule has 9 nitrogen and oxygen atoms in total. The molecule has 2 bridgehead atoms. The third-order valence-corrected chi connectivity index (χ3v) is 6.13. The SMILES string of the molecule is Cc1cc(N2C[C@]34C=C[C@@H](O3)C(C(=O)NCCN3CCOCC3)C4C2=O)no1. The van der Waals surface area contributed by atoms with E-state index in [0.717, 1.165) is 32.8 Å². The highest BCUT2D eigenvalue weighted by molar-refractivity contribution is 6.02. The van der Waals surface area contributed by atoms with Crippen LogP contribution < -0.4 is 10.2 Å². The Bertz CT molecular complexity index is 817. The molecular formula is C19H24N4O5. The third-order valence-electron chi connectivity index (χ3n) is 6.13. The van der Waals surface area contributed by atoms with E-state index in [9.17, 15) is 9.59 Å². The standard InChI is InChI=1S/C19H24N4O5/c1-12-10-14(21-28-12)23-11-19-3-2-13(27-19)15(16(19)18(23)25)17(24)20-4-5-22-6-8-26-9-7-22/h2-3,10,13,15-16H,4-9,11H2,1H3,(H,20,24)/t13-,15?,16?,19+/m1/s1.